The third-order valence-corrected chi connectivity index (χ3v) is 16.5. The first-order valence-corrected chi connectivity index (χ1v) is 25.6. The van der Waals surface area contributed by atoms with Gasteiger partial charge in [0, 0.05) is 0 Å². The van der Waals surface area contributed by atoms with Crippen molar-refractivity contribution in [1.82, 2.24) is 0 Å². The van der Waals surface area contributed by atoms with Gasteiger partial charge in [0.05, 0.1) is 0 Å². The summed E-state index contributed by atoms with van der Waals surface area (Å²) in [6.07, 6.45) is 0. The molecule has 0 fully saturated rings. The van der Waals surface area contributed by atoms with Crippen molar-refractivity contribution >= 4 is 81.2 Å². The minimum absolute atomic E-state index is 0.446. The molecule has 0 radical (unpaired) electrons. The maximum Gasteiger partial charge on any atom is -0.0134 e. The Morgan fingerprint density at radius 2 is 0.254 bits per heavy atom. The maximum absolute atomic E-state index is 4.57. The van der Waals surface area contributed by atoms with Gasteiger partial charge in [-0.05, 0) is 71.5 Å². The Labute approximate surface area is 369 Å². The Morgan fingerprint density at radius 1 is 0.169 bits per heavy atom. The minimum Gasteiger partial charge on any atom is -0.0622 e. The Kier molecular flexibility index (Phi) is 18.5. The van der Waals surface area contributed by atoms with Crippen molar-refractivity contribution in [2.45, 2.75) is 0 Å². The molecule has 0 heterocycles. The first-order chi connectivity index (χ1) is 29.3. The van der Waals surface area contributed by atoms with E-state index in [0.29, 0.717) is 0 Å². The van der Waals surface area contributed by atoms with Crippen LogP contribution in [0.4, 0.5) is 0 Å². The zero-order chi connectivity index (χ0) is 40.7. The van der Waals surface area contributed by atoms with E-state index in [4.69, 9.17) is 0 Å². The van der Waals surface area contributed by atoms with Crippen LogP contribution in [0.3, 0.4) is 0 Å². The van der Waals surface area contributed by atoms with Crippen LogP contribution in [0.5, 0.6) is 0 Å². The van der Waals surface area contributed by atoms with Crippen LogP contribution in [0.2, 0.25) is 0 Å². The van der Waals surface area contributed by atoms with Crippen molar-refractivity contribution in [3.63, 3.8) is 0 Å². The Morgan fingerprint density at radius 3 is 0.339 bits per heavy atom. The van der Waals surface area contributed by atoms with Gasteiger partial charge in [0.2, 0.25) is 0 Å². The van der Waals surface area contributed by atoms with Gasteiger partial charge in [0.25, 0.3) is 0 Å². The van der Waals surface area contributed by atoms with E-state index in [-0.39, 0.29) is 0 Å². The molecule has 0 aliphatic heterocycles. The van der Waals surface area contributed by atoms with Crippen LogP contribution in [0, 0.1) is 0 Å². The van der Waals surface area contributed by atoms with Crippen LogP contribution in [0.1, 0.15) is 0 Å². The zero-order valence-corrected chi connectivity index (χ0v) is 37.7. The molecule has 0 saturated carbocycles. The number of hydrogen-bond acceptors (Lipinski definition) is 0. The molecule has 0 aliphatic carbocycles. The molecule has 0 unspecified atom stereocenters. The van der Waals surface area contributed by atoms with Crippen molar-refractivity contribution in [2.75, 3.05) is 0 Å². The minimum atomic E-state index is -0.446. The molecule has 0 aliphatic rings. The van der Waals surface area contributed by atoms with Gasteiger partial charge in [-0.2, -0.15) is 0 Å². The molecule has 0 N–H and O–H groups in total. The average Bonchev–Trinajstić information content (AvgIpc) is 3.34. The molecule has 0 atom stereocenters. The van der Waals surface area contributed by atoms with Crippen molar-refractivity contribution < 1.29 is 17.3 Å². The van der Waals surface area contributed by atoms with Crippen LogP contribution in [0.15, 0.2) is 273 Å². The summed E-state index contributed by atoms with van der Waals surface area (Å²) in [5.74, 6) is 0. The summed E-state index contributed by atoms with van der Waals surface area (Å²) in [6.45, 7) is 0. The van der Waals surface area contributed by atoms with E-state index in [9.17, 15) is 0 Å². The quantitative estimate of drug-likeness (QED) is 0.1000. The predicted octanol–water partition coefficient (Wildman–Crippen LogP) is 10.8. The smallest absolute Gasteiger partial charge is 0.0134 e. The summed E-state index contributed by atoms with van der Waals surface area (Å²) in [5.41, 5.74) is 0. The second-order valence-electron chi connectivity index (χ2n) is 13.0. The maximum atomic E-state index is 4.57. The molecule has 0 amide bonds. The van der Waals surface area contributed by atoms with Gasteiger partial charge in [-0.1, -0.05) is 273 Å². The molecule has 9 rings (SSSR count). The summed E-state index contributed by atoms with van der Waals surface area (Å²) in [5, 5.41) is 12.6. The Hall–Kier alpha value is -4.82. The molecule has 0 nitrogen and oxygen atoms in total. The topological polar surface area (TPSA) is 0 Å². The molecule has 293 valence electrons. The van der Waals surface area contributed by atoms with Gasteiger partial charge < -0.3 is 0 Å². The fourth-order valence-electron chi connectivity index (χ4n) is 6.54. The Balaban J connectivity index is 0.000000146. The van der Waals surface area contributed by atoms with Crippen molar-refractivity contribution in [2.24, 2.45) is 0 Å². The standard InChI is InChI=1S/3C18H15P.ClH.Rh.H/c3*1-4-10-16(11-5-1)19(17-12-6-2-7-13-17)18-14-8-3-9-15-18;;;/h3*1-15H;1H;;/q;;;;+1;/p-1. The molecule has 59 heavy (non-hydrogen) atoms. The first-order valence-electron chi connectivity index (χ1n) is 19.3. The monoisotopic (exact) mass is 925 g/mol. The van der Waals surface area contributed by atoms with E-state index in [1.165, 1.54) is 47.7 Å². The second-order valence-corrected chi connectivity index (χ2v) is 19.7. The Bertz CT molecular complexity index is 1870. The van der Waals surface area contributed by atoms with E-state index in [0.717, 1.165) is 0 Å². The molecule has 0 spiro atoms. The molecule has 0 saturated heterocycles. The van der Waals surface area contributed by atoms with E-state index in [1.807, 2.05) is 17.3 Å². The van der Waals surface area contributed by atoms with E-state index < -0.39 is 23.8 Å². The van der Waals surface area contributed by atoms with Crippen molar-refractivity contribution in [3.05, 3.63) is 273 Å². The van der Waals surface area contributed by atoms with Crippen LogP contribution in [-0.4, -0.2) is 0 Å². The molecular formula is C54H46ClP3Rh. The predicted molar refractivity (Wildman–Crippen MR) is 263 cm³/mol. The summed E-state index contributed by atoms with van der Waals surface area (Å²) < 4.78 is 0. The van der Waals surface area contributed by atoms with E-state index in [2.05, 4.69) is 283 Å². The fourth-order valence-corrected chi connectivity index (χ4v) is 13.5. The summed E-state index contributed by atoms with van der Waals surface area (Å²) in [6, 6.07) is 97.0. The van der Waals surface area contributed by atoms with Crippen molar-refractivity contribution in [3.8, 4) is 0 Å². The van der Waals surface area contributed by atoms with Crippen LogP contribution in [-0.2, 0) is 17.3 Å². The number of rotatable bonds is 9. The van der Waals surface area contributed by atoms with E-state index in [1.54, 1.807) is 0 Å². The molecule has 9 aromatic rings. The van der Waals surface area contributed by atoms with Crippen LogP contribution >= 0.6 is 33.5 Å². The molecule has 9 aromatic carbocycles. The second kappa shape index (κ2) is 25.0. The number of hydrogen-bond donors (Lipinski definition) is 0. The van der Waals surface area contributed by atoms with Gasteiger partial charge >= 0.3 is 27.0 Å². The molecule has 0 bridgehead atoms. The summed E-state index contributed by atoms with van der Waals surface area (Å²) in [4.78, 5) is 0. The summed E-state index contributed by atoms with van der Waals surface area (Å²) >= 11 is 1.82. The first kappa shape index (κ1) is 43.8. The van der Waals surface area contributed by atoms with Crippen molar-refractivity contribution in [1.29, 1.82) is 0 Å². The fraction of sp³-hybridized carbons (Fsp3) is 0. The van der Waals surface area contributed by atoms with Crippen LogP contribution < -0.4 is 47.7 Å². The third kappa shape index (κ3) is 13.1. The summed E-state index contributed by atoms with van der Waals surface area (Å²) in [7, 11) is 3.23. The zero-order valence-electron chi connectivity index (χ0n) is 32.6. The van der Waals surface area contributed by atoms with E-state index >= 15 is 0 Å². The normalized spacial score (nSPS) is 10.3. The van der Waals surface area contributed by atoms with Gasteiger partial charge in [-0.15, -0.1) is 0 Å². The average molecular weight is 926 g/mol. The largest absolute Gasteiger partial charge is 0.0622 e. The van der Waals surface area contributed by atoms with Crippen LogP contribution in [0.25, 0.3) is 0 Å². The number of benzene rings is 9. The number of halogens is 1. The van der Waals surface area contributed by atoms with Gasteiger partial charge in [-0.25, -0.2) is 0 Å². The third-order valence-electron chi connectivity index (χ3n) is 9.13. The van der Waals surface area contributed by atoms with Gasteiger partial charge in [0.15, 0.2) is 0 Å². The molecular weight excluding hydrogens is 880 g/mol. The molecule has 0 aromatic heterocycles. The molecule has 5 heteroatoms. The SMILES string of the molecule is [Cl][RhH].c1ccc(P(c2ccccc2)c2ccccc2)cc1.c1ccc(P(c2ccccc2)c2ccccc2)cc1.c1ccc(P(c2ccccc2)c2ccccc2)cc1. The van der Waals surface area contributed by atoms with Gasteiger partial charge in [-0.3, -0.25) is 0 Å². The van der Waals surface area contributed by atoms with Gasteiger partial charge in [0.1, 0.15) is 0 Å².